The molecule has 34 heavy (non-hydrogen) atoms. The number of fused-ring (bicyclic) bond motifs is 1. The lowest BCUT2D eigenvalue weighted by molar-refractivity contribution is -0.154. The van der Waals surface area contributed by atoms with Crippen LogP contribution in [0.4, 0.5) is 10.1 Å². The van der Waals surface area contributed by atoms with E-state index in [0.29, 0.717) is 18.7 Å². The van der Waals surface area contributed by atoms with Gasteiger partial charge in [0.15, 0.2) is 5.54 Å². The van der Waals surface area contributed by atoms with Crippen molar-refractivity contribution in [3.63, 3.8) is 0 Å². The summed E-state index contributed by atoms with van der Waals surface area (Å²) in [5, 5.41) is 11.7. The van der Waals surface area contributed by atoms with Crippen LogP contribution in [0.1, 0.15) is 24.0 Å². The second-order valence-corrected chi connectivity index (χ2v) is 8.68. The molecule has 7 heteroatoms. The highest BCUT2D eigenvalue weighted by atomic mass is 19.1. The number of aromatic amines is 1. The molecular formula is C27H27FN4O2. The molecule has 0 saturated carbocycles. The highest BCUT2D eigenvalue weighted by Crippen LogP contribution is 2.39. The Balaban J connectivity index is 1.53. The van der Waals surface area contributed by atoms with Gasteiger partial charge in [-0.15, -0.1) is 0 Å². The Hall–Kier alpha value is -3.71. The van der Waals surface area contributed by atoms with Gasteiger partial charge in [-0.1, -0.05) is 42.5 Å². The summed E-state index contributed by atoms with van der Waals surface area (Å²) in [5.41, 5.74) is 2.30. The highest BCUT2D eigenvalue weighted by Gasteiger charge is 2.49. The summed E-state index contributed by atoms with van der Waals surface area (Å²) in [6, 6.07) is 22.0. The van der Waals surface area contributed by atoms with E-state index in [1.165, 1.54) is 19.2 Å². The average Bonchev–Trinajstić information content (AvgIpc) is 3.34. The third-order valence-electron chi connectivity index (χ3n) is 6.64. The lowest BCUT2D eigenvalue weighted by Crippen LogP contribution is -2.58. The average molecular weight is 459 g/mol. The minimum Gasteiger partial charge on any atom is -0.467 e. The second kappa shape index (κ2) is 9.27. The number of nitrogens with one attached hydrogen (secondary N) is 2. The maximum atomic E-state index is 13.8. The molecule has 2 N–H and O–H groups in total. The van der Waals surface area contributed by atoms with Gasteiger partial charge in [-0.25, -0.2) is 9.18 Å². The van der Waals surface area contributed by atoms with Crippen LogP contribution in [0.25, 0.3) is 10.9 Å². The van der Waals surface area contributed by atoms with Crippen LogP contribution in [-0.4, -0.2) is 47.3 Å². The van der Waals surface area contributed by atoms with Gasteiger partial charge < -0.3 is 10.1 Å². The summed E-state index contributed by atoms with van der Waals surface area (Å²) < 4.78 is 19.2. The number of ether oxygens (including phenoxy) is 1. The zero-order valence-electron chi connectivity index (χ0n) is 19.0. The molecule has 0 bridgehead atoms. The van der Waals surface area contributed by atoms with Crippen molar-refractivity contribution in [2.75, 3.05) is 25.5 Å². The first-order valence-electron chi connectivity index (χ1n) is 11.5. The first-order valence-corrected chi connectivity index (χ1v) is 11.5. The number of benzene rings is 3. The van der Waals surface area contributed by atoms with E-state index >= 15 is 0 Å². The molecule has 6 nitrogen and oxygen atoms in total. The number of carbonyl (C=O) groups excluding carboxylic acids is 1. The van der Waals surface area contributed by atoms with Crippen molar-refractivity contribution in [2.45, 2.75) is 24.4 Å². The van der Waals surface area contributed by atoms with Crippen LogP contribution in [-0.2, 0) is 15.1 Å². The molecule has 0 spiro atoms. The third kappa shape index (κ3) is 3.92. The third-order valence-corrected chi connectivity index (χ3v) is 6.64. The molecule has 174 valence electrons. The summed E-state index contributed by atoms with van der Waals surface area (Å²) in [6.07, 6.45) is 3.67. The number of hydrogen-bond donors (Lipinski definition) is 2. The number of likely N-dealkylation sites (tertiary alicyclic amines) is 1. The number of esters is 1. The zero-order valence-corrected chi connectivity index (χ0v) is 19.0. The van der Waals surface area contributed by atoms with E-state index in [-0.39, 0.29) is 17.8 Å². The second-order valence-electron chi connectivity index (χ2n) is 8.68. The minimum absolute atomic E-state index is 0.117. The fourth-order valence-electron chi connectivity index (χ4n) is 5.08. The first kappa shape index (κ1) is 22.1. The smallest absolute Gasteiger partial charge is 0.335 e. The van der Waals surface area contributed by atoms with Gasteiger partial charge in [0.2, 0.25) is 0 Å². The van der Waals surface area contributed by atoms with Crippen LogP contribution in [0, 0.1) is 5.82 Å². The number of H-pyrrole nitrogens is 1. The Bertz CT molecular complexity index is 1270. The Labute approximate surface area is 197 Å². The molecular weight excluding hydrogens is 431 g/mol. The molecule has 3 aromatic carbocycles. The van der Waals surface area contributed by atoms with Crippen molar-refractivity contribution in [1.82, 2.24) is 15.1 Å². The molecule has 5 rings (SSSR count). The number of hydrogen-bond acceptors (Lipinski definition) is 5. The monoisotopic (exact) mass is 458 g/mol. The van der Waals surface area contributed by atoms with Crippen molar-refractivity contribution in [1.29, 1.82) is 0 Å². The first-order chi connectivity index (χ1) is 16.6. The normalized spacial score (nSPS) is 18.4. The number of aromatic nitrogens is 2. The predicted octanol–water partition coefficient (Wildman–Crippen LogP) is 4.70. The van der Waals surface area contributed by atoms with Gasteiger partial charge in [-0.3, -0.25) is 10.00 Å². The van der Waals surface area contributed by atoms with E-state index in [1.807, 2.05) is 42.5 Å². The van der Waals surface area contributed by atoms with Gasteiger partial charge in [0.05, 0.1) is 18.8 Å². The SMILES string of the molecule is COC(=O)C(c1ccccc1)(c1ccc(F)cc1)N1CCCC(Nc2ccc3[nH]ncc3c2)C1. The van der Waals surface area contributed by atoms with E-state index in [1.54, 1.807) is 18.3 Å². The maximum absolute atomic E-state index is 13.8. The summed E-state index contributed by atoms with van der Waals surface area (Å²) in [7, 11) is 1.41. The fourth-order valence-corrected chi connectivity index (χ4v) is 5.08. The summed E-state index contributed by atoms with van der Waals surface area (Å²) in [4.78, 5) is 15.8. The Morgan fingerprint density at radius 3 is 2.65 bits per heavy atom. The van der Waals surface area contributed by atoms with E-state index in [0.717, 1.165) is 35.0 Å². The van der Waals surface area contributed by atoms with Crippen LogP contribution < -0.4 is 5.32 Å². The van der Waals surface area contributed by atoms with Crippen LogP contribution >= 0.6 is 0 Å². The van der Waals surface area contributed by atoms with Crippen molar-refractivity contribution >= 4 is 22.6 Å². The number of methoxy groups -OCH3 is 1. The molecule has 1 aliphatic heterocycles. The molecule has 1 aromatic heterocycles. The maximum Gasteiger partial charge on any atom is 0.335 e. The van der Waals surface area contributed by atoms with Gasteiger partial charge >= 0.3 is 5.97 Å². The molecule has 2 unspecified atom stereocenters. The van der Waals surface area contributed by atoms with E-state index in [2.05, 4.69) is 26.5 Å². The van der Waals surface area contributed by atoms with Crippen LogP contribution in [0.15, 0.2) is 79.0 Å². The molecule has 1 fully saturated rings. The number of nitrogens with zero attached hydrogens (tertiary/aromatic N) is 2. The number of anilines is 1. The Morgan fingerprint density at radius 1 is 1.12 bits per heavy atom. The van der Waals surface area contributed by atoms with Crippen molar-refractivity contribution in [3.8, 4) is 0 Å². The van der Waals surface area contributed by atoms with Crippen molar-refractivity contribution in [2.24, 2.45) is 0 Å². The number of halogens is 1. The fraction of sp³-hybridized carbons (Fsp3) is 0.259. The Kier molecular flexibility index (Phi) is 6.02. The topological polar surface area (TPSA) is 70.2 Å². The standard InChI is InChI=1S/C27H27FN4O2/c1-34-26(33)27(20-6-3-2-4-7-20,21-9-11-22(28)12-10-21)32-15-5-8-24(18-32)30-23-13-14-25-19(16-23)17-29-31-25/h2-4,6-7,9-14,16-17,24,30H,5,8,15,18H2,1H3,(H,29,31). The van der Waals surface area contributed by atoms with E-state index in [9.17, 15) is 9.18 Å². The quantitative estimate of drug-likeness (QED) is 0.410. The molecule has 4 aromatic rings. The summed E-state index contributed by atoms with van der Waals surface area (Å²) >= 11 is 0. The van der Waals surface area contributed by atoms with Crippen molar-refractivity contribution in [3.05, 3.63) is 95.9 Å². The van der Waals surface area contributed by atoms with Crippen LogP contribution in [0.2, 0.25) is 0 Å². The molecule has 2 heterocycles. The Morgan fingerprint density at radius 2 is 1.88 bits per heavy atom. The van der Waals surface area contributed by atoms with Gasteiger partial charge in [0.1, 0.15) is 5.82 Å². The van der Waals surface area contributed by atoms with Crippen molar-refractivity contribution < 1.29 is 13.9 Å². The lowest BCUT2D eigenvalue weighted by Gasteiger charge is -2.46. The van der Waals surface area contributed by atoms with E-state index < -0.39 is 5.54 Å². The largest absolute Gasteiger partial charge is 0.467 e. The lowest BCUT2D eigenvalue weighted by atomic mass is 9.79. The molecule has 1 aliphatic rings. The van der Waals surface area contributed by atoms with Crippen LogP contribution in [0.5, 0.6) is 0 Å². The number of carbonyl (C=O) groups is 1. The van der Waals surface area contributed by atoms with Gasteiger partial charge in [-0.05, 0) is 54.3 Å². The molecule has 0 radical (unpaired) electrons. The highest BCUT2D eigenvalue weighted by molar-refractivity contribution is 5.87. The molecule has 2 atom stereocenters. The summed E-state index contributed by atoms with van der Waals surface area (Å²) in [6.45, 7) is 1.32. The number of piperidine rings is 1. The van der Waals surface area contributed by atoms with Crippen LogP contribution in [0.3, 0.4) is 0 Å². The zero-order chi connectivity index (χ0) is 23.5. The van der Waals surface area contributed by atoms with Gasteiger partial charge in [0.25, 0.3) is 0 Å². The molecule has 0 aliphatic carbocycles. The molecule has 1 saturated heterocycles. The number of rotatable bonds is 6. The predicted molar refractivity (Wildman–Crippen MR) is 130 cm³/mol. The molecule has 0 amide bonds. The van der Waals surface area contributed by atoms with Gasteiger partial charge in [-0.2, -0.15) is 5.10 Å². The summed E-state index contributed by atoms with van der Waals surface area (Å²) in [5.74, 6) is -0.728. The van der Waals surface area contributed by atoms with Gasteiger partial charge in [0, 0.05) is 30.2 Å². The minimum atomic E-state index is -1.18. The van der Waals surface area contributed by atoms with E-state index in [4.69, 9.17) is 4.74 Å².